The second-order valence-corrected chi connectivity index (χ2v) is 7.73. The normalized spacial score (nSPS) is 14.0. The van der Waals surface area contributed by atoms with Crippen molar-refractivity contribution >= 4 is 45.1 Å². The standard InChI is InChI=1S/C22H20ClN5O3/c1-30-18-8-14-16(9-19(18)31-2)26-22(23)27-20(14)24-13-10-28(11-13)21(29)17-7-12-5-3-4-6-15(12)25-17/h3-9,13,25H,10-11H2,1-2H3,(H,24,26,27). The lowest BCUT2D eigenvalue weighted by molar-refractivity contribution is 0.0620. The molecule has 0 radical (unpaired) electrons. The minimum Gasteiger partial charge on any atom is -0.493 e. The van der Waals surface area contributed by atoms with E-state index in [1.165, 1.54) is 0 Å². The lowest BCUT2D eigenvalue weighted by atomic mass is 10.1. The number of hydrogen-bond acceptors (Lipinski definition) is 6. The molecule has 2 N–H and O–H groups in total. The number of nitrogens with zero attached hydrogens (tertiary/aromatic N) is 3. The van der Waals surface area contributed by atoms with Crippen molar-refractivity contribution < 1.29 is 14.3 Å². The lowest BCUT2D eigenvalue weighted by Crippen LogP contribution is -2.57. The van der Waals surface area contributed by atoms with Gasteiger partial charge in [0.1, 0.15) is 11.5 Å². The van der Waals surface area contributed by atoms with Gasteiger partial charge in [-0.05, 0) is 29.8 Å². The van der Waals surface area contributed by atoms with Crippen LogP contribution in [0.3, 0.4) is 0 Å². The number of rotatable bonds is 5. The molecule has 1 fully saturated rings. The first-order chi connectivity index (χ1) is 15.1. The molecular formula is C22H20ClN5O3. The monoisotopic (exact) mass is 437 g/mol. The van der Waals surface area contributed by atoms with Gasteiger partial charge < -0.3 is 24.7 Å². The van der Waals surface area contributed by atoms with Crippen molar-refractivity contribution in [2.75, 3.05) is 32.6 Å². The molecular weight excluding hydrogens is 418 g/mol. The van der Waals surface area contributed by atoms with Crippen LogP contribution in [0.5, 0.6) is 11.5 Å². The molecule has 31 heavy (non-hydrogen) atoms. The molecule has 0 saturated carbocycles. The fraction of sp³-hybridized carbons (Fsp3) is 0.227. The van der Waals surface area contributed by atoms with E-state index in [-0.39, 0.29) is 17.2 Å². The number of methoxy groups -OCH3 is 2. The number of halogens is 1. The van der Waals surface area contributed by atoms with E-state index in [9.17, 15) is 4.79 Å². The van der Waals surface area contributed by atoms with Crippen LogP contribution >= 0.6 is 11.6 Å². The van der Waals surface area contributed by atoms with Gasteiger partial charge in [0.2, 0.25) is 5.28 Å². The average Bonchev–Trinajstić information content (AvgIpc) is 3.18. The van der Waals surface area contributed by atoms with Crippen molar-refractivity contribution in [3.63, 3.8) is 0 Å². The average molecular weight is 438 g/mol. The topological polar surface area (TPSA) is 92.4 Å². The summed E-state index contributed by atoms with van der Waals surface area (Å²) >= 11 is 6.13. The molecule has 8 nitrogen and oxygen atoms in total. The van der Waals surface area contributed by atoms with Crippen LogP contribution in [0.25, 0.3) is 21.8 Å². The third-order valence-corrected chi connectivity index (χ3v) is 5.61. The Bertz CT molecular complexity index is 1270. The highest BCUT2D eigenvalue weighted by molar-refractivity contribution is 6.28. The Morgan fingerprint density at radius 3 is 2.61 bits per heavy atom. The molecule has 0 bridgehead atoms. The van der Waals surface area contributed by atoms with Gasteiger partial charge in [0.05, 0.1) is 25.8 Å². The van der Waals surface area contributed by atoms with E-state index >= 15 is 0 Å². The molecule has 1 saturated heterocycles. The molecule has 4 aromatic rings. The number of carbonyl (C=O) groups is 1. The number of benzene rings is 2. The first-order valence-corrected chi connectivity index (χ1v) is 10.2. The van der Waals surface area contributed by atoms with Gasteiger partial charge in [0.15, 0.2) is 11.5 Å². The molecule has 1 aliphatic rings. The maximum atomic E-state index is 12.8. The van der Waals surface area contributed by atoms with E-state index in [0.717, 1.165) is 16.3 Å². The third kappa shape index (κ3) is 3.48. The Balaban J connectivity index is 1.34. The molecule has 0 spiro atoms. The van der Waals surface area contributed by atoms with Crippen LogP contribution in [0.2, 0.25) is 5.28 Å². The van der Waals surface area contributed by atoms with Gasteiger partial charge in [-0.2, -0.15) is 0 Å². The predicted molar refractivity (Wildman–Crippen MR) is 119 cm³/mol. The number of para-hydroxylation sites is 1. The van der Waals surface area contributed by atoms with Crippen molar-refractivity contribution in [1.82, 2.24) is 19.9 Å². The van der Waals surface area contributed by atoms with Crippen LogP contribution < -0.4 is 14.8 Å². The van der Waals surface area contributed by atoms with Crippen molar-refractivity contribution in [3.05, 3.63) is 53.4 Å². The molecule has 2 aromatic carbocycles. The Morgan fingerprint density at radius 1 is 1.13 bits per heavy atom. The number of H-pyrrole nitrogens is 1. The van der Waals surface area contributed by atoms with Crippen LogP contribution in [0.4, 0.5) is 5.82 Å². The fourth-order valence-corrected chi connectivity index (χ4v) is 4.00. The van der Waals surface area contributed by atoms with Gasteiger partial charge >= 0.3 is 0 Å². The van der Waals surface area contributed by atoms with Crippen LogP contribution in [0, 0.1) is 0 Å². The summed E-state index contributed by atoms with van der Waals surface area (Å²) in [5.41, 5.74) is 2.19. The first kappa shape index (κ1) is 19.4. The quantitative estimate of drug-likeness (QED) is 0.462. The highest BCUT2D eigenvalue weighted by Gasteiger charge is 2.32. The number of ether oxygens (including phenoxy) is 2. The zero-order chi connectivity index (χ0) is 21.5. The summed E-state index contributed by atoms with van der Waals surface area (Å²) in [6, 6.07) is 13.4. The minimum atomic E-state index is -0.0220. The Labute approximate surface area is 183 Å². The molecule has 9 heteroatoms. The van der Waals surface area contributed by atoms with Crippen molar-refractivity contribution in [1.29, 1.82) is 0 Å². The molecule has 1 amide bonds. The number of hydrogen-bond donors (Lipinski definition) is 2. The zero-order valence-electron chi connectivity index (χ0n) is 17.0. The summed E-state index contributed by atoms with van der Waals surface area (Å²) in [7, 11) is 3.14. The summed E-state index contributed by atoms with van der Waals surface area (Å²) in [6.45, 7) is 1.12. The maximum Gasteiger partial charge on any atom is 0.270 e. The number of carbonyl (C=O) groups excluding carboxylic acids is 1. The van der Waals surface area contributed by atoms with E-state index in [0.29, 0.717) is 41.6 Å². The van der Waals surface area contributed by atoms with Gasteiger partial charge in [0, 0.05) is 35.4 Å². The van der Waals surface area contributed by atoms with E-state index in [4.69, 9.17) is 21.1 Å². The summed E-state index contributed by atoms with van der Waals surface area (Å²) in [5.74, 6) is 1.72. The Kier molecular flexibility index (Phi) is 4.78. The van der Waals surface area contributed by atoms with E-state index < -0.39 is 0 Å². The second kappa shape index (κ2) is 7.63. The Hall–Kier alpha value is -3.52. The largest absolute Gasteiger partial charge is 0.493 e. The summed E-state index contributed by atoms with van der Waals surface area (Å²) in [6.07, 6.45) is 0. The number of likely N-dealkylation sites (tertiary alicyclic amines) is 1. The SMILES string of the molecule is COc1cc2nc(Cl)nc(NC3CN(C(=O)c4cc5ccccc5[nH]4)C3)c2cc1OC. The van der Waals surface area contributed by atoms with Crippen LogP contribution in [-0.4, -0.2) is 59.1 Å². The molecule has 1 aliphatic heterocycles. The summed E-state index contributed by atoms with van der Waals surface area (Å²) in [5, 5.41) is 5.30. The van der Waals surface area contributed by atoms with E-state index in [1.54, 1.807) is 25.2 Å². The van der Waals surface area contributed by atoms with Crippen LogP contribution in [0.15, 0.2) is 42.5 Å². The number of anilines is 1. The van der Waals surface area contributed by atoms with E-state index in [1.807, 2.05) is 36.4 Å². The first-order valence-electron chi connectivity index (χ1n) is 9.78. The number of fused-ring (bicyclic) bond motifs is 2. The number of aromatic amines is 1. The molecule has 0 unspecified atom stereocenters. The summed E-state index contributed by atoms with van der Waals surface area (Å²) in [4.78, 5) is 26.4. The lowest BCUT2D eigenvalue weighted by Gasteiger charge is -2.39. The number of amides is 1. The van der Waals surface area contributed by atoms with Gasteiger partial charge in [-0.1, -0.05) is 18.2 Å². The molecule has 158 valence electrons. The minimum absolute atomic E-state index is 0.0220. The fourth-order valence-electron chi connectivity index (χ4n) is 3.83. The number of aromatic nitrogens is 3. The zero-order valence-corrected chi connectivity index (χ0v) is 17.7. The predicted octanol–water partition coefficient (Wildman–Crippen LogP) is 3.72. The highest BCUT2D eigenvalue weighted by Crippen LogP contribution is 2.35. The van der Waals surface area contributed by atoms with E-state index in [2.05, 4.69) is 20.3 Å². The maximum absolute atomic E-state index is 12.8. The van der Waals surface area contributed by atoms with Gasteiger partial charge in [0.25, 0.3) is 5.91 Å². The van der Waals surface area contributed by atoms with Crippen molar-refractivity contribution in [2.24, 2.45) is 0 Å². The molecule has 0 atom stereocenters. The molecule has 2 aromatic heterocycles. The van der Waals surface area contributed by atoms with Gasteiger partial charge in [-0.3, -0.25) is 4.79 Å². The third-order valence-electron chi connectivity index (χ3n) is 5.44. The van der Waals surface area contributed by atoms with Crippen molar-refractivity contribution in [3.8, 4) is 11.5 Å². The van der Waals surface area contributed by atoms with Gasteiger partial charge in [-0.15, -0.1) is 0 Å². The molecule has 0 aliphatic carbocycles. The second-order valence-electron chi connectivity index (χ2n) is 7.39. The Morgan fingerprint density at radius 2 is 1.87 bits per heavy atom. The van der Waals surface area contributed by atoms with Gasteiger partial charge in [-0.25, -0.2) is 9.97 Å². The van der Waals surface area contributed by atoms with Crippen LogP contribution in [-0.2, 0) is 0 Å². The number of nitrogens with one attached hydrogen (secondary N) is 2. The highest BCUT2D eigenvalue weighted by atomic mass is 35.5. The summed E-state index contributed by atoms with van der Waals surface area (Å²) < 4.78 is 10.7. The smallest absolute Gasteiger partial charge is 0.270 e. The molecule has 5 rings (SSSR count). The van der Waals surface area contributed by atoms with Crippen LogP contribution in [0.1, 0.15) is 10.5 Å². The molecule has 3 heterocycles. The van der Waals surface area contributed by atoms with Crippen molar-refractivity contribution in [2.45, 2.75) is 6.04 Å².